The molecule has 1 aromatic heterocycles. The van der Waals surface area contributed by atoms with E-state index in [1.807, 2.05) is 11.6 Å². The molecule has 0 saturated heterocycles. The number of aromatic nitrogens is 2. The average molecular weight is 232 g/mol. The first-order chi connectivity index (χ1) is 5.70. The molecule has 0 amide bonds. The van der Waals surface area contributed by atoms with Gasteiger partial charge in [0.2, 0.25) is 0 Å². The van der Waals surface area contributed by atoms with E-state index >= 15 is 0 Å². The van der Waals surface area contributed by atoms with E-state index in [0.717, 1.165) is 23.1 Å². The maximum atomic E-state index is 5.47. The Hall–Kier alpha value is -0.350. The Morgan fingerprint density at radius 2 is 2.25 bits per heavy atom. The molecule has 0 aliphatic carbocycles. The Morgan fingerprint density at radius 1 is 1.58 bits per heavy atom. The van der Waals surface area contributed by atoms with Gasteiger partial charge < -0.3 is 5.73 Å². The fourth-order valence-electron chi connectivity index (χ4n) is 1.25. The summed E-state index contributed by atoms with van der Waals surface area (Å²) in [7, 11) is 0. The van der Waals surface area contributed by atoms with Crippen LogP contribution in [0, 0.1) is 6.92 Å². The standard InChI is InChI=1S/C8H14BrN3/c1-3-7-8(9)6(2)11-12(7)5-4-10/h3-5,10H2,1-2H3. The first-order valence-electron chi connectivity index (χ1n) is 4.12. The highest BCUT2D eigenvalue weighted by molar-refractivity contribution is 9.10. The minimum Gasteiger partial charge on any atom is -0.329 e. The predicted octanol–water partition coefficient (Wildman–Crippen LogP) is 1.48. The lowest BCUT2D eigenvalue weighted by molar-refractivity contribution is 0.592. The largest absolute Gasteiger partial charge is 0.329 e. The van der Waals surface area contributed by atoms with Crippen LogP contribution in [0.25, 0.3) is 0 Å². The molecule has 0 saturated carbocycles. The van der Waals surface area contributed by atoms with Crippen molar-refractivity contribution in [2.24, 2.45) is 5.73 Å². The van der Waals surface area contributed by atoms with Crippen molar-refractivity contribution >= 4 is 15.9 Å². The molecule has 0 aliphatic heterocycles. The summed E-state index contributed by atoms with van der Waals surface area (Å²) in [5.74, 6) is 0. The van der Waals surface area contributed by atoms with Crippen LogP contribution >= 0.6 is 15.9 Å². The summed E-state index contributed by atoms with van der Waals surface area (Å²) in [6.45, 7) is 5.56. The zero-order valence-electron chi connectivity index (χ0n) is 7.47. The summed E-state index contributed by atoms with van der Waals surface area (Å²) in [5, 5.41) is 4.36. The van der Waals surface area contributed by atoms with Gasteiger partial charge in [-0.3, -0.25) is 4.68 Å². The summed E-state index contributed by atoms with van der Waals surface area (Å²) in [5.41, 5.74) is 7.74. The number of nitrogens with two attached hydrogens (primary N) is 1. The fraction of sp³-hybridized carbons (Fsp3) is 0.625. The van der Waals surface area contributed by atoms with E-state index in [-0.39, 0.29) is 0 Å². The van der Waals surface area contributed by atoms with Crippen LogP contribution in [0.4, 0.5) is 0 Å². The van der Waals surface area contributed by atoms with Gasteiger partial charge >= 0.3 is 0 Å². The molecule has 0 aromatic carbocycles. The predicted molar refractivity (Wildman–Crippen MR) is 53.1 cm³/mol. The molecule has 2 N–H and O–H groups in total. The number of rotatable bonds is 3. The summed E-state index contributed by atoms with van der Waals surface area (Å²) < 4.78 is 3.10. The number of nitrogens with zero attached hydrogens (tertiary/aromatic N) is 2. The topological polar surface area (TPSA) is 43.8 Å². The monoisotopic (exact) mass is 231 g/mol. The smallest absolute Gasteiger partial charge is 0.0738 e. The molecule has 68 valence electrons. The Bertz CT molecular complexity index is 268. The normalized spacial score (nSPS) is 10.7. The second kappa shape index (κ2) is 4.05. The van der Waals surface area contributed by atoms with Crippen LogP contribution in [0.5, 0.6) is 0 Å². The zero-order chi connectivity index (χ0) is 9.14. The van der Waals surface area contributed by atoms with Crippen LogP contribution in [0.1, 0.15) is 18.3 Å². The zero-order valence-corrected chi connectivity index (χ0v) is 9.06. The van der Waals surface area contributed by atoms with Gasteiger partial charge in [-0.2, -0.15) is 5.10 Å². The van der Waals surface area contributed by atoms with Crippen LogP contribution in [0.15, 0.2) is 4.47 Å². The molecule has 0 unspecified atom stereocenters. The number of aryl methyl sites for hydroxylation is 1. The van der Waals surface area contributed by atoms with Crippen molar-refractivity contribution in [3.8, 4) is 0 Å². The average Bonchev–Trinajstić information content (AvgIpc) is 2.29. The maximum absolute atomic E-state index is 5.47. The van der Waals surface area contributed by atoms with Gasteiger partial charge in [-0.25, -0.2) is 0 Å². The van der Waals surface area contributed by atoms with Crippen LogP contribution in [0.3, 0.4) is 0 Å². The third-order valence-electron chi connectivity index (χ3n) is 1.83. The van der Waals surface area contributed by atoms with Crippen molar-refractivity contribution in [3.63, 3.8) is 0 Å². The van der Waals surface area contributed by atoms with Crippen molar-refractivity contribution in [2.75, 3.05) is 6.54 Å². The van der Waals surface area contributed by atoms with Crippen molar-refractivity contribution < 1.29 is 0 Å². The first kappa shape index (κ1) is 9.74. The number of halogens is 1. The molecular weight excluding hydrogens is 218 g/mol. The lowest BCUT2D eigenvalue weighted by Crippen LogP contribution is -2.13. The quantitative estimate of drug-likeness (QED) is 0.857. The van der Waals surface area contributed by atoms with Gasteiger partial charge in [0.05, 0.1) is 22.4 Å². The minimum absolute atomic E-state index is 0.639. The highest BCUT2D eigenvalue weighted by Gasteiger charge is 2.09. The van der Waals surface area contributed by atoms with Crippen molar-refractivity contribution in [3.05, 3.63) is 15.9 Å². The molecule has 0 atom stereocenters. The van der Waals surface area contributed by atoms with E-state index in [9.17, 15) is 0 Å². The third kappa shape index (κ3) is 1.69. The highest BCUT2D eigenvalue weighted by Crippen LogP contribution is 2.20. The van der Waals surface area contributed by atoms with E-state index in [4.69, 9.17) is 5.73 Å². The third-order valence-corrected chi connectivity index (χ3v) is 2.86. The number of hydrogen-bond acceptors (Lipinski definition) is 2. The molecular formula is C8H14BrN3. The first-order valence-corrected chi connectivity index (χ1v) is 4.91. The molecule has 0 fully saturated rings. The molecule has 1 heterocycles. The summed E-state index contributed by atoms with van der Waals surface area (Å²) in [4.78, 5) is 0. The summed E-state index contributed by atoms with van der Waals surface area (Å²) >= 11 is 3.51. The minimum atomic E-state index is 0.639. The van der Waals surface area contributed by atoms with E-state index in [0.29, 0.717) is 6.54 Å². The Balaban J connectivity index is 3.02. The maximum Gasteiger partial charge on any atom is 0.0738 e. The van der Waals surface area contributed by atoms with Crippen LogP contribution in [-0.2, 0) is 13.0 Å². The molecule has 3 nitrogen and oxygen atoms in total. The van der Waals surface area contributed by atoms with E-state index in [1.165, 1.54) is 5.69 Å². The summed E-state index contributed by atoms with van der Waals surface area (Å²) in [6, 6.07) is 0. The van der Waals surface area contributed by atoms with E-state index in [1.54, 1.807) is 0 Å². The van der Waals surface area contributed by atoms with Crippen molar-refractivity contribution in [2.45, 2.75) is 26.8 Å². The Kier molecular flexibility index (Phi) is 3.29. The molecule has 0 radical (unpaired) electrons. The van der Waals surface area contributed by atoms with Gasteiger partial charge in [0.1, 0.15) is 0 Å². The van der Waals surface area contributed by atoms with Crippen LogP contribution < -0.4 is 5.73 Å². The van der Waals surface area contributed by atoms with Crippen LogP contribution in [-0.4, -0.2) is 16.3 Å². The molecule has 1 aromatic rings. The Labute approximate surface area is 81.1 Å². The molecule has 0 spiro atoms. The molecule has 0 bridgehead atoms. The molecule has 12 heavy (non-hydrogen) atoms. The van der Waals surface area contributed by atoms with E-state index < -0.39 is 0 Å². The highest BCUT2D eigenvalue weighted by atomic mass is 79.9. The lowest BCUT2D eigenvalue weighted by atomic mass is 10.3. The second-order valence-corrected chi connectivity index (χ2v) is 3.50. The van der Waals surface area contributed by atoms with E-state index in [2.05, 4.69) is 28.0 Å². The van der Waals surface area contributed by atoms with Gasteiger partial charge in [-0.05, 0) is 29.3 Å². The molecule has 1 rings (SSSR count). The SMILES string of the molecule is CCc1c(Br)c(C)nn1CCN. The number of hydrogen-bond donors (Lipinski definition) is 1. The summed E-state index contributed by atoms with van der Waals surface area (Å²) in [6.07, 6.45) is 0.988. The van der Waals surface area contributed by atoms with Gasteiger partial charge in [0, 0.05) is 6.54 Å². The van der Waals surface area contributed by atoms with Gasteiger partial charge in [-0.15, -0.1) is 0 Å². The second-order valence-electron chi connectivity index (χ2n) is 2.71. The molecule has 0 aliphatic rings. The van der Waals surface area contributed by atoms with Crippen molar-refractivity contribution in [1.82, 2.24) is 9.78 Å². The van der Waals surface area contributed by atoms with Crippen molar-refractivity contribution in [1.29, 1.82) is 0 Å². The van der Waals surface area contributed by atoms with Crippen LogP contribution in [0.2, 0.25) is 0 Å². The molecule has 4 heteroatoms. The van der Waals surface area contributed by atoms with Gasteiger partial charge in [-0.1, -0.05) is 6.92 Å². The lowest BCUT2D eigenvalue weighted by Gasteiger charge is -2.02. The van der Waals surface area contributed by atoms with Gasteiger partial charge in [0.15, 0.2) is 0 Å². The van der Waals surface area contributed by atoms with Gasteiger partial charge in [0.25, 0.3) is 0 Å². The Morgan fingerprint density at radius 3 is 2.75 bits per heavy atom. The fourth-order valence-corrected chi connectivity index (χ4v) is 1.82.